The highest BCUT2D eigenvalue weighted by Crippen LogP contribution is 2.30. The maximum absolute atomic E-state index is 12.7. The second kappa shape index (κ2) is 8.82. The topological polar surface area (TPSA) is 58.6 Å². The normalized spacial score (nSPS) is 15.8. The van der Waals surface area contributed by atoms with Gasteiger partial charge in [-0.25, -0.2) is 0 Å². The van der Waals surface area contributed by atoms with Gasteiger partial charge in [0.25, 0.3) is 0 Å². The Morgan fingerprint density at radius 1 is 1.03 bits per heavy atom. The minimum atomic E-state index is -0.421. The molecule has 1 N–H and O–H groups in total. The lowest BCUT2D eigenvalue weighted by Crippen LogP contribution is -2.28. The first kappa shape index (κ1) is 20.9. The predicted octanol–water partition coefficient (Wildman–Crippen LogP) is 5.74. The van der Waals surface area contributed by atoms with E-state index in [1.165, 1.54) is 0 Å². The number of hydrogen-bond acceptors (Lipinski definition) is 3. The first-order valence-electron chi connectivity index (χ1n) is 10.1. The summed E-state index contributed by atoms with van der Waals surface area (Å²) in [6, 6.07) is 20.5. The molecule has 1 aliphatic heterocycles. The van der Waals surface area contributed by atoms with Crippen LogP contribution in [-0.2, 0) is 9.59 Å². The Morgan fingerprint density at radius 3 is 2.48 bits per heavy atom. The average molecular weight is 435 g/mol. The van der Waals surface area contributed by atoms with Crippen molar-refractivity contribution >= 4 is 34.8 Å². The molecule has 4 rings (SSSR count). The van der Waals surface area contributed by atoms with E-state index in [0.717, 1.165) is 16.9 Å². The van der Waals surface area contributed by atoms with Crippen LogP contribution in [0.3, 0.4) is 0 Å². The fourth-order valence-corrected chi connectivity index (χ4v) is 3.71. The molecule has 0 spiro atoms. The van der Waals surface area contributed by atoms with Gasteiger partial charge in [-0.15, -0.1) is 0 Å². The summed E-state index contributed by atoms with van der Waals surface area (Å²) in [5.74, 6) is 0.796. The van der Waals surface area contributed by atoms with Crippen LogP contribution in [0.2, 0.25) is 5.02 Å². The molecular formula is C25H23ClN2O3. The van der Waals surface area contributed by atoms with E-state index in [4.69, 9.17) is 16.3 Å². The Balaban J connectivity index is 1.38. The van der Waals surface area contributed by atoms with Gasteiger partial charge in [-0.05, 0) is 67.4 Å². The van der Waals surface area contributed by atoms with E-state index in [-0.39, 0.29) is 18.2 Å². The second-order valence-electron chi connectivity index (χ2n) is 7.72. The van der Waals surface area contributed by atoms with E-state index in [2.05, 4.69) is 5.32 Å². The SMILES string of the molecule is Cc1ccc(N2C[C@@H](C(=O)Nc3ccc(Oc4ccccc4C)cc3)CC2=O)cc1Cl. The number of benzene rings is 3. The first-order valence-corrected chi connectivity index (χ1v) is 10.5. The number of nitrogens with zero attached hydrogens (tertiary/aromatic N) is 1. The summed E-state index contributed by atoms with van der Waals surface area (Å²) in [4.78, 5) is 26.8. The van der Waals surface area contributed by atoms with Crippen molar-refractivity contribution in [3.05, 3.63) is 82.9 Å². The summed E-state index contributed by atoms with van der Waals surface area (Å²) in [5, 5.41) is 3.50. The van der Waals surface area contributed by atoms with E-state index in [1.807, 2.05) is 62.4 Å². The van der Waals surface area contributed by atoms with Gasteiger partial charge < -0.3 is 15.0 Å². The van der Waals surface area contributed by atoms with Gasteiger partial charge >= 0.3 is 0 Å². The molecular weight excluding hydrogens is 412 g/mol. The molecule has 0 bridgehead atoms. The Bertz CT molecular complexity index is 1130. The number of para-hydroxylation sites is 1. The number of amides is 2. The average Bonchev–Trinajstić information content (AvgIpc) is 3.15. The highest BCUT2D eigenvalue weighted by Gasteiger charge is 2.35. The fraction of sp³-hybridized carbons (Fsp3) is 0.200. The molecule has 1 fully saturated rings. The number of anilines is 2. The number of hydrogen-bond donors (Lipinski definition) is 1. The Labute approximate surface area is 186 Å². The van der Waals surface area contributed by atoms with Crippen LogP contribution in [0.5, 0.6) is 11.5 Å². The molecule has 0 aliphatic carbocycles. The summed E-state index contributed by atoms with van der Waals surface area (Å²) in [7, 11) is 0. The highest BCUT2D eigenvalue weighted by molar-refractivity contribution is 6.31. The molecule has 5 nitrogen and oxygen atoms in total. The van der Waals surface area contributed by atoms with Gasteiger partial charge in [-0.3, -0.25) is 9.59 Å². The summed E-state index contributed by atoms with van der Waals surface area (Å²) < 4.78 is 5.89. The molecule has 1 saturated heterocycles. The van der Waals surface area contributed by atoms with Crippen molar-refractivity contribution < 1.29 is 14.3 Å². The zero-order chi connectivity index (χ0) is 22.0. The maximum Gasteiger partial charge on any atom is 0.229 e. The van der Waals surface area contributed by atoms with Crippen LogP contribution in [0.15, 0.2) is 66.7 Å². The second-order valence-corrected chi connectivity index (χ2v) is 8.13. The van der Waals surface area contributed by atoms with E-state index < -0.39 is 5.92 Å². The Morgan fingerprint density at radius 2 is 1.77 bits per heavy atom. The van der Waals surface area contributed by atoms with Crippen LogP contribution >= 0.6 is 11.6 Å². The van der Waals surface area contributed by atoms with E-state index >= 15 is 0 Å². The van der Waals surface area contributed by atoms with Gasteiger partial charge in [0, 0.05) is 29.4 Å². The minimum Gasteiger partial charge on any atom is -0.457 e. The van der Waals surface area contributed by atoms with Gasteiger partial charge in [0.2, 0.25) is 11.8 Å². The van der Waals surface area contributed by atoms with E-state index in [0.29, 0.717) is 28.7 Å². The smallest absolute Gasteiger partial charge is 0.229 e. The zero-order valence-corrected chi connectivity index (χ0v) is 18.1. The number of nitrogens with one attached hydrogen (secondary N) is 1. The van der Waals surface area contributed by atoms with E-state index in [1.54, 1.807) is 23.1 Å². The maximum atomic E-state index is 12.7. The monoisotopic (exact) mass is 434 g/mol. The van der Waals surface area contributed by atoms with Crippen molar-refractivity contribution in [1.29, 1.82) is 0 Å². The molecule has 0 unspecified atom stereocenters. The molecule has 31 heavy (non-hydrogen) atoms. The molecule has 0 saturated carbocycles. The van der Waals surface area contributed by atoms with Gasteiger partial charge in [0.1, 0.15) is 11.5 Å². The first-order chi connectivity index (χ1) is 14.9. The number of halogens is 1. The van der Waals surface area contributed by atoms with Crippen molar-refractivity contribution in [2.75, 3.05) is 16.8 Å². The van der Waals surface area contributed by atoms with Gasteiger partial charge in [-0.1, -0.05) is 35.9 Å². The minimum absolute atomic E-state index is 0.0814. The van der Waals surface area contributed by atoms with Gasteiger partial charge in [0.05, 0.1) is 5.92 Å². The lowest BCUT2D eigenvalue weighted by molar-refractivity contribution is -0.122. The number of carbonyl (C=O) groups is 2. The molecule has 1 aliphatic rings. The van der Waals surface area contributed by atoms with Crippen LogP contribution in [0.25, 0.3) is 0 Å². The third kappa shape index (κ3) is 4.72. The van der Waals surface area contributed by atoms with Crippen LogP contribution in [0.4, 0.5) is 11.4 Å². The Kier molecular flexibility index (Phi) is 5.96. The van der Waals surface area contributed by atoms with Crippen molar-refractivity contribution in [3.8, 4) is 11.5 Å². The molecule has 3 aromatic rings. The summed E-state index contributed by atoms with van der Waals surface area (Å²) in [6.45, 7) is 4.23. The molecule has 1 heterocycles. The van der Waals surface area contributed by atoms with Crippen LogP contribution in [-0.4, -0.2) is 18.4 Å². The van der Waals surface area contributed by atoms with Gasteiger partial charge in [-0.2, -0.15) is 0 Å². The van der Waals surface area contributed by atoms with Crippen LogP contribution < -0.4 is 15.0 Å². The molecule has 1 atom stereocenters. The standard InChI is InChI=1S/C25H23ClN2O3/c1-16-7-10-20(14-22(16)26)28-15-18(13-24(28)29)25(30)27-19-8-11-21(12-9-19)31-23-6-4-3-5-17(23)2/h3-12,14,18H,13,15H2,1-2H3,(H,27,30)/t18-/m0/s1. The fourth-order valence-electron chi connectivity index (χ4n) is 3.53. The number of carbonyl (C=O) groups excluding carboxylic acids is 2. The van der Waals surface area contributed by atoms with Crippen molar-refractivity contribution in [2.24, 2.45) is 5.92 Å². The Hall–Kier alpha value is -3.31. The predicted molar refractivity (Wildman–Crippen MR) is 123 cm³/mol. The third-order valence-corrected chi connectivity index (χ3v) is 5.81. The number of aryl methyl sites for hydroxylation is 2. The largest absolute Gasteiger partial charge is 0.457 e. The highest BCUT2D eigenvalue weighted by atomic mass is 35.5. The number of rotatable bonds is 5. The molecule has 6 heteroatoms. The lowest BCUT2D eigenvalue weighted by atomic mass is 10.1. The molecule has 2 amide bonds. The number of ether oxygens (including phenoxy) is 1. The summed E-state index contributed by atoms with van der Waals surface area (Å²) in [6.07, 6.45) is 0.172. The third-order valence-electron chi connectivity index (χ3n) is 5.41. The lowest BCUT2D eigenvalue weighted by Gasteiger charge is -2.17. The quantitative estimate of drug-likeness (QED) is 0.557. The van der Waals surface area contributed by atoms with Crippen molar-refractivity contribution in [3.63, 3.8) is 0 Å². The van der Waals surface area contributed by atoms with Crippen molar-refractivity contribution in [1.82, 2.24) is 0 Å². The van der Waals surface area contributed by atoms with Crippen LogP contribution in [0.1, 0.15) is 17.5 Å². The summed E-state index contributed by atoms with van der Waals surface area (Å²) in [5.41, 5.74) is 3.37. The van der Waals surface area contributed by atoms with E-state index in [9.17, 15) is 9.59 Å². The van der Waals surface area contributed by atoms with Gasteiger partial charge in [0.15, 0.2) is 0 Å². The summed E-state index contributed by atoms with van der Waals surface area (Å²) >= 11 is 6.19. The zero-order valence-electron chi connectivity index (χ0n) is 17.4. The molecule has 158 valence electrons. The molecule has 3 aromatic carbocycles. The van der Waals surface area contributed by atoms with Crippen molar-refractivity contribution in [2.45, 2.75) is 20.3 Å². The molecule has 0 aromatic heterocycles. The molecule has 0 radical (unpaired) electrons. The van der Waals surface area contributed by atoms with Crippen LogP contribution in [0, 0.1) is 19.8 Å².